The number of hydrogen-bond donors (Lipinski definition) is 4. The van der Waals surface area contributed by atoms with E-state index in [-0.39, 0.29) is 11.6 Å². The molecule has 0 atom stereocenters. The third-order valence-corrected chi connectivity index (χ3v) is 3.22. The Morgan fingerprint density at radius 1 is 1.11 bits per heavy atom. The largest absolute Gasteiger partial charge is 0.383 e. The Labute approximate surface area is 155 Å². The van der Waals surface area contributed by atoms with Crippen molar-refractivity contribution in [3.63, 3.8) is 0 Å². The Balaban J connectivity index is 2.11. The van der Waals surface area contributed by atoms with Gasteiger partial charge in [-0.25, -0.2) is 31.3 Å². The van der Waals surface area contributed by atoms with E-state index in [9.17, 15) is 26.3 Å². The zero-order valence-electron chi connectivity index (χ0n) is 14.0. The van der Waals surface area contributed by atoms with E-state index >= 15 is 0 Å². The minimum Gasteiger partial charge on any atom is -0.383 e. The Morgan fingerprint density at radius 3 is 2.39 bits per heavy atom. The molecule has 12 heteroatoms. The van der Waals surface area contributed by atoms with E-state index in [1.807, 2.05) is 0 Å². The van der Waals surface area contributed by atoms with Gasteiger partial charge in [-0.05, 0) is 0 Å². The van der Waals surface area contributed by atoms with Crippen molar-refractivity contribution in [3.05, 3.63) is 59.1 Å². The number of hydrogen-bond acceptors (Lipinski definition) is 6. The molecule has 0 aliphatic heterocycles. The number of rotatable bonds is 9. The summed E-state index contributed by atoms with van der Waals surface area (Å²) in [5.41, 5.74) is -0.529. The van der Waals surface area contributed by atoms with Gasteiger partial charge >= 0.3 is 0 Å². The van der Waals surface area contributed by atoms with Crippen molar-refractivity contribution in [1.82, 2.24) is 15.3 Å². The maximum Gasteiger partial charge on any atom is 0.255 e. The minimum absolute atomic E-state index is 0.00571. The lowest BCUT2D eigenvalue weighted by molar-refractivity contribution is 0.150. The van der Waals surface area contributed by atoms with E-state index in [0.29, 0.717) is 12.1 Å². The summed E-state index contributed by atoms with van der Waals surface area (Å²) < 4.78 is 78.2. The van der Waals surface area contributed by atoms with E-state index in [2.05, 4.69) is 25.9 Å². The van der Waals surface area contributed by atoms with Gasteiger partial charge in [-0.1, -0.05) is 0 Å². The zero-order chi connectivity index (χ0) is 20.7. The van der Waals surface area contributed by atoms with E-state index < -0.39 is 54.2 Å². The average molecular weight is 404 g/mol. The first-order chi connectivity index (χ1) is 13.3. The Kier molecular flexibility index (Phi) is 7.18. The SMILES string of the molecule is N=C/C(=C\NCC(F)F)Nc1ncc(F)c(NCc2c(F)cc(F)cc2F)n1. The van der Waals surface area contributed by atoms with Gasteiger partial charge in [0, 0.05) is 36.7 Å². The molecule has 0 radical (unpaired) electrons. The average Bonchev–Trinajstić information content (AvgIpc) is 2.62. The van der Waals surface area contributed by atoms with Crippen LogP contribution in [-0.2, 0) is 6.54 Å². The number of aromatic nitrogens is 2. The molecule has 6 nitrogen and oxygen atoms in total. The summed E-state index contributed by atoms with van der Waals surface area (Å²) in [5.74, 6) is -4.98. The molecule has 2 aromatic rings. The first-order valence-corrected chi connectivity index (χ1v) is 7.69. The standard InChI is InChI=1S/C16H14F6N6/c17-8-1-11(18)10(12(19)2-8)5-25-15-13(20)6-26-16(28-15)27-9(3-23)4-24-7-14(21)22/h1-4,6,14,23-24H,5,7H2,(H2,25,26,27,28)/b9-4+,23-3?. The van der Waals surface area contributed by atoms with Gasteiger partial charge in [-0.3, -0.25) is 0 Å². The van der Waals surface area contributed by atoms with Gasteiger partial charge in [0.05, 0.1) is 18.4 Å². The molecule has 1 aromatic heterocycles. The first-order valence-electron chi connectivity index (χ1n) is 7.69. The lowest BCUT2D eigenvalue weighted by Gasteiger charge is -2.11. The van der Waals surface area contributed by atoms with E-state index in [4.69, 9.17) is 5.41 Å². The summed E-state index contributed by atoms with van der Waals surface area (Å²) in [6, 6.07) is 0.966. The van der Waals surface area contributed by atoms with Gasteiger partial charge in [0.2, 0.25) is 5.95 Å². The second kappa shape index (κ2) is 9.58. The van der Waals surface area contributed by atoms with Crippen LogP contribution in [0.25, 0.3) is 0 Å². The van der Waals surface area contributed by atoms with Crippen molar-refractivity contribution in [2.45, 2.75) is 13.0 Å². The van der Waals surface area contributed by atoms with Gasteiger partial charge in [-0.15, -0.1) is 0 Å². The topological polar surface area (TPSA) is 85.7 Å². The molecule has 0 saturated heterocycles. The predicted octanol–water partition coefficient (Wildman–Crippen LogP) is 3.40. The first kappa shape index (κ1) is 21.0. The van der Waals surface area contributed by atoms with Crippen LogP contribution in [0.2, 0.25) is 0 Å². The van der Waals surface area contributed by atoms with Crippen molar-refractivity contribution in [3.8, 4) is 0 Å². The highest BCUT2D eigenvalue weighted by Gasteiger charge is 2.14. The van der Waals surface area contributed by atoms with Crippen LogP contribution in [0.3, 0.4) is 0 Å². The molecular weight excluding hydrogens is 390 g/mol. The number of nitrogens with zero attached hydrogens (tertiary/aromatic N) is 2. The molecule has 0 fully saturated rings. The highest BCUT2D eigenvalue weighted by Crippen LogP contribution is 2.18. The second-order valence-corrected chi connectivity index (χ2v) is 5.26. The quantitative estimate of drug-likeness (QED) is 0.380. The molecule has 0 bridgehead atoms. The van der Waals surface area contributed by atoms with Gasteiger partial charge in [0.15, 0.2) is 11.6 Å². The van der Waals surface area contributed by atoms with Gasteiger partial charge in [0.1, 0.15) is 17.5 Å². The van der Waals surface area contributed by atoms with Crippen molar-refractivity contribution in [2.75, 3.05) is 17.2 Å². The molecule has 4 N–H and O–H groups in total. The van der Waals surface area contributed by atoms with Crippen molar-refractivity contribution in [1.29, 1.82) is 5.41 Å². The summed E-state index contributed by atoms with van der Waals surface area (Å²) in [4.78, 5) is 7.36. The van der Waals surface area contributed by atoms with Crippen LogP contribution in [-0.4, -0.2) is 29.2 Å². The van der Waals surface area contributed by atoms with Gasteiger partial charge in [0.25, 0.3) is 6.43 Å². The summed E-state index contributed by atoms with van der Waals surface area (Å²) in [5, 5.41) is 14.3. The Hall–Kier alpha value is -3.31. The summed E-state index contributed by atoms with van der Waals surface area (Å²) in [7, 11) is 0. The summed E-state index contributed by atoms with van der Waals surface area (Å²) in [6.07, 6.45) is 0.000794. The molecule has 0 aliphatic carbocycles. The van der Waals surface area contributed by atoms with Crippen LogP contribution in [0, 0.1) is 28.7 Å². The normalized spacial score (nSPS) is 11.5. The molecule has 0 aliphatic rings. The molecule has 0 unspecified atom stereocenters. The third-order valence-electron chi connectivity index (χ3n) is 3.22. The van der Waals surface area contributed by atoms with Crippen LogP contribution in [0.1, 0.15) is 5.56 Å². The Morgan fingerprint density at radius 2 is 1.79 bits per heavy atom. The number of alkyl halides is 2. The van der Waals surface area contributed by atoms with Gasteiger partial charge < -0.3 is 21.4 Å². The number of halogens is 6. The number of nitrogens with one attached hydrogen (secondary N) is 4. The van der Waals surface area contributed by atoms with Crippen LogP contribution in [0.15, 0.2) is 30.2 Å². The van der Waals surface area contributed by atoms with Crippen molar-refractivity contribution in [2.24, 2.45) is 0 Å². The Bertz CT molecular complexity index is 850. The van der Waals surface area contributed by atoms with Gasteiger partial charge in [-0.2, -0.15) is 4.98 Å². The van der Waals surface area contributed by atoms with Crippen molar-refractivity contribution < 1.29 is 26.3 Å². The van der Waals surface area contributed by atoms with Crippen LogP contribution >= 0.6 is 0 Å². The highest BCUT2D eigenvalue weighted by atomic mass is 19.3. The monoisotopic (exact) mass is 404 g/mol. The minimum atomic E-state index is -2.60. The maximum atomic E-state index is 13.8. The number of anilines is 2. The van der Waals surface area contributed by atoms with E-state index in [1.165, 1.54) is 0 Å². The highest BCUT2D eigenvalue weighted by molar-refractivity contribution is 5.79. The predicted molar refractivity (Wildman–Crippen MR) is 90.1 cm³/mol. The molecular formula is C16H14F6N6. The third kappa shape index (κ3) is 5.86. The smallest absolute Gasteiger partial charge is 0.255 e. The lowest BCUT2D eigenvalue weighted by atomic mass is 10.2. The molecule has 28 heavy (non-hydrogen) atoms. The molecule has 150 valence electrons. The fraction of sp³-hybridized carbons (Fsp3) is 0.188. The number of allylic oxidation sites excluding steroid dienone is 1. The fourth-order valence-electron chi connectivity index (χ4n) is 1.97. The van der Waals surface area contributed by atoms with Crippen LogP contribution in [0.4, 0.5) is 38.1 Å². The second-order valence-electron chi connectivity index (χ2n) is 5.26. The van der Waals surface area contributed by atoms with Crippen LogP contribution in [0.5, 0.6) is 0 Å². The lowest BCUT2D eigenvalue weighted by Crippen LogP contribution is -2.18. The fourth-order valence-corrected chi connectivity index (χ4v) is 1.97. The maximum absolute atomic E-state index is 13.8. The molecule has 0 amide bonds. The zero-order valence-corrected chi connectivity index (χ0v) is 14.0. The molecule has 2 rings (SSSR count). The van der Waals surface area contributed by atoms with Crippen molar-refractivity contribution >= 4 is 18.0 Å². The molecule has 0 saturated carbocycles. The molecule has 1 heterocycles. The van der Waals surface area contributed by atoms with E-state index in [0.717, 1.165) is 18.6 Å². The molecule has 0 spiro atoms. The van der Waals surface area contributed by atoms with Crippen LogP contribution < -0.4 is 16.0 Å². The molecule has 1 aromatic carbocycles. The summed E-state index contributed by atoms with van der Waals surface area (Å²) in [6.45, 7) is -1.18. The summed E-state index contributed by atoms with van der Waals surface area (Å²) >= 11 is 0. The van der Waals surface area contributed by atoms with E-state index in [1.54, 1.807) is 0 Å². The number of benzene rings is 1.